The average Bonchev–Trinajstić information content (AvgIpc) is 3.13. The van der Waals surface area contributed by atoms with Crippen LogP contribution >= 0.6 is 0 Å². The molecule has 1 amide bonds. The lowest BCUT2D eigenvalue weighted by Crippen LogP contribution is -2.20. The molecule has 1 N–H and O–H groups in total. The van der Waals surface area contributed by atoms with Crippen LogP contribution in [0.4, 0.5) is 5.69 Å². The molecular formula is C21H21NO6. The minimum Gasteiger partial charge on any atom is -0.490 e. The quantitative estimate of drug-likeness (QED) is 0.591. The van der Waals surface area contributed by atoms with Gasteiger partial charge in [-0.25, -0.2) is 4.79 Å². The first-order chi connectivity index (χ1) is 13.6. The summed E-state index contributed by atoms with van der Waals surface area (Å²) >= 11 is 0. The Hall–Kier alpha value is -3.48. The van der Waals surface area contributed by atoms with Crippen LogP contribution in [-0.4, -0.2) is 31.7 Å². The van der Waals surface area contributed by atoms with Crippen molar-refractivity contribution in [3.05, 3.63) is 54.3 Å². The zero-order valence-corrected chi connectivity index (χ0v) is 15.7. The first kappa shape index (κ1) is 19.3. The standard InChI is InChI=1S/C21H21NO6/c1-3-25-17-10-9-15(12-18(17)26-4-2)22-20(23)13-27-21(24)19-11-14-7-5-6-8-16(14)28-19/h5-12H,3-4,13H2,1-2H3,(H,22,23). The lowest BCUT2D eigenvalue weighted by atomic mass is 10.2. The van der Waals surface area contributed by atoms with Gasteiger partial charge in [0, 0.05) is 17.1 Å². The maximum absolute atomic E-state index is 12.1. The van der Waals surface area contributed by atoms with E-state index in [9.17, 15) is 9.59 Å². The molecule has 0 bridgehead atoms. The molecule has 3 rings (SSSR count). The smallest absolute Gasteiger partial charge is 0.374 e. The minimum absolute atomic E-state index is 0.0497. The van der Waals surface area contributed by atoms with E-state index < -0.39 is 18.5 Å². The van der Waals surface area contributed by atoms with Crippen molar-refractivity contribution in [2.24, 2.45) is 0 Å². The summed E-state index contributed by atoms with van der Waals surface area (Å²) in [5.74, 6) is -0.00194. The summed E-state index contributed by atoms with van der Waals surface area (Å²) in [7, 11) is 0. The van der Waals surface area contributed by atoms with E-state index in [0.29, 0.717) is 36.0 Å². The van der Waals surface area contributed by atoms with Crippen LogP contribution in [0.2, 0.25) is 0 Å². The summed E-state index contributed by atoms with van der Waals surface area (Å²) in [6, 6.07) is 13.9. The van der Waals surface area contributed by atoms with Gasteiger partial charge in [0.15, 0.2) is 18.1 Å². The summed E-state index contributed by atoms with van der Waals surface area (Å²) in [5.41, 5.74) is 1.09. The minimum atomic E-state index is -0.701. The van der Waals surface area contributed by atoms with Crippen molar-refractivity contribution < 1.29 is 28.2 Å². The van der Waals surface area contributed by atoms with E-state index in [1.807, 2.05) is 32.0 Å². The molecule has 146 valence electrons. The van der Waals surface area contributed by atoms with Crippen molar-refractivity contribution in [1.29, 1.82) is 0 Å². The van der Waals surface area contributed by atoms with Gasteiger partial charge in [0.25, 0.3) is 5.91 Å². The lowest BCUT2D eigenvalue weighted by molar-refractivity contribution is -0.119. The van der Waals surface area contributed by atoms with Crippen LogP contribution < -0.4 is 14.8 Å². The fourth-order valence-corrected chi connectivity index (χ4v) is 2.61. The zero-order valence-electron chi connectivity index (χ0n) is 15.7. The van der Waals surface area contributed by atoms with Crippen LogP contribution in [-0.2, 0) is 9.53 Å². The second-order valence-electron chi connectivity index (χ2n) is 5.80. The van der Waals surface area contributed by atoms with Gasteiger partial charge in [0.05, 0.1) is 13.2 Å². The molecule has 3 aromatic rings. The van der Waals surface area contributed by atoms with Crippen molar-refractivity contribution in [1.82, 2.24) is 0 Å². The molecule has 0 aliphatic carbocycles. The zero-order chi connectivity index (χ0) is 19.9. The molecule has 0 saturated heterocycles. The number of ether oxygens (including phenoxy) is 3. The highest BCUT2D eigenvalue weighted by molar-refractivity contribution is 5.96. The number of hydrogen-bond donors (Lipinski definition) is 1. The Labute approximate surface area is 162 Å². The molecule has 7 heteroatoms. The summed E-state index contributed by atoms with van der Waals surface area (Å²) in [4.78, 5) is 24.2. The van der Waals surface area contributed by atoms with Crippen LogP contribution in [0.3, 0.4) is 0 Å². The number of hydrogen-bond acceptors (Lipinski definition) is 6. The average molecular weight is 383 g/mol. The Bertz CT molecular complexity index is 945. The molecule has 2 aromatic carbocycles. The highest BCUT2D eigenvalue weighted by Crippen LogP contribution is 2.30. The molecule has 7 nitrogen and oxygen atoms in total. The second kappa shape index (κ2) is 8.94. The molecule has 0 saturated carbocycles. The van der Waals surface area contributed by atoms with Crippen LogP contribution in [0.25, 0.3) is 11.0 Å². The van der Waals surface area contributed by atoms with Crippen molar-refractivity contribution in [3.8, 4) is 11.5 Å². The summed E-state index contributed by atoms with van der Waals surface area (Å²) in [6.07, 6.45) is 0. The number of rotatable bonds is 8. The van der Waals surface area contributed by atoms with E-state index in [1.165, 1.54) is 0 Å². The van der Waals surface area contributed by atoms with E-state index in [2.05, 4.69) is 5.32 Å². The van der Waals surface area contributed by atoms with E-state index in [0.717, 1.165) is 5.39 Å². The Morgan fingerprint density at radius 3 is 2.46 bits per heavy atom. The van der Waals surface area contributed by atoms with E-state index in [1.54, 1.807) is 30.3 Å². The highest BCUT2D eigenvalue weighted by atomic mass is 16.5. The van der Waals surface area contributed by atoms with Gasteiger partial charge < -0.3 is 23.9 Å². The normalized spacial score (nSPS) is 10.5. The van der Waals surface area contributed by atoms with Crippen molar-refractivity contribution in [3.63, 3.8) is 0 Å². The van der Waals surface area contributed by atoms with Crippen LogP contribution in [0.1, 0.15) is 24.4 Å². The SMILES string of the molecule is CCOc1ccc(NC(=O)COC(=O)c2cc3ccccc3o2)cc1OCC. The number of fused-ring (bicyclic) bond motifs is 1. The molecule has 0 spiro atoms. The number of benzene rings is 2. The Balaban J connectivity index is 1.59. The molecule has 1 heterocycles. The number of anilines is 1. The third-order valence-corrected chi connectivity index (χ3v) is 3.79. The van der Waals surface area contributed by atoms with Gasteiger partial charge in [0.2, 0.25) is 5.76 Å². The van der Waals surface area contributed by atoms with E-state index in [4.69, 9.17) is 18.6 Å². The number of esters is 1. The van der Waals surface area contributed by atoms with Crippen LogP contribution in [0.15, 0.2) is 52.9 Å². The fraction of sp³-hybridized carbons (Fsp3) is 0.238. The molecule has 1 aromatic heterocycles. The van der Waals surface area contributed by atoms with E-state index >= 15 is 0 Å². The maximum Gasteiger partial charge on any atom is 0.374 e. The highest BCUT2D eigenvalue weighted by Gasteiger charge is 2.16. The Morgan fingerprint density at radius 1 is 0.964 bits per heavy atom. The van der Waals surface area contributed by atoms with Gasteiger partial charge in [-0.2, -0.15) is 0 Å². The Morgan fingerprint density at radius 2 is 1.71 bits per heavy atom. The fourth-order valence-electron chi connectivity index (χ4n) is 2.61. The lowest BCUT2D eigenvalue weighted by Gasteiger charge is -2.13. The van der Waals surface area contributed by atoms with Crippen LogP contribution in [0, 0.1) is 0 Å². The second-order valence-corrected chi connectivity index (χ2v) is 5.80. The van der Waals surface area contributed by atoms with Crippen molar-refractivity contribution >= 4 is 28.5 Å². The molecule has 28 heavy (non-hydrogen) atoms. The molecule has 0 aliphatic rings. The Kier molecular flexibility index (Phi) is 6.16. The molecule has 0 atom stereocenters. The van der Waals surface area contributed by atoms with Gasteiger partial charge in [-0.05, 0) is 38.1 Å². The third-order valence-electron chi connectivity index (χ3n) is 3.79. The number of nitrogens with one attached hydrogen (secondary N) is 1. The molecule has 0 fully saturated rings. The largest absolute Gasteiger partial charge is 0.490 e. The van der Waals surface area contributed by atoms with Gasteiger partial charge in [-0.1, -0.05) is 18.2 Å². The van der Waals surface area contributed by atoms with Crippen molar-refractivity contribution in [2.75, 3.05) is 25.1 Å². The van der Waals surface area contributed by atoms with Crippen molar-refractivity contribution in [2.45, 2.75) is 13.8 Å². The molecule has 0 radical (unpaired) electrons. The van der Waals surface area contributed by atoms with E-state index in [-0.39, 0.29) is 5.76 Å². The number of furan rings is 1. The predicted molar refractivity (Wildman–Crippen MR) is 104 cm³/mol. The number of carbonyl (C=O) groups excluding carboxylic acids is 2. The molecular weight excluding hydrogens is 362 g/mol. The van der Waals surface area contributed by atoms with Gasteiger partial charge in [-0.15, -0.1) is 0 Å². The summed E-state index contributed by atoms with van der Waals surface area (Å²) in [5, 5.41) is 3.45. The first-order valence-electron chi connectivity index (χ1n) is 8.96. The van der Waals surface area contributed by atoms with Gasteiger partial charge in [-0.3, -0.25) is 4.79 Å². The summed E-state index contributed by atoms with van der Waals surface area (Å²) in [6.45, 7) is 4.27. The topological polar surface area (TPSA) is 87.0 Å². The van der Waals surface area contributed by atoms with Crippen LogP contribution in [0.5, 0.6) is 11.5 Å². The van der Waals surface area contributed by atoms with Gasteiger partial charge in [0.1, 0.15) is 5.58 Å². The number of para-hydroxylation sites is 1. The molecule has 0 unspecified atom stereocenters. The third kappa shape index (κ3) is 4.62. The number of carbonyl (C=O) groups is 2. The summed E-state index contributed by atoms with van der Waals surface area (Å²) < 4.78 is 21.5. The predicted octanol–water partition coefficient (Wildman–Crippen LogP) is 4.03. The van der Waals surface area contributed by atoms with Gasteiger partial charge >= 0.3 is 5.97 Å². The maximum atomic E-state index is 12.1. The monoisotopic (exact) mass is 383 g/mol. The first-order valence-corrected chi connectivity index (χ1v) is 8.96. The number of amides is 1. The molecule has 0 aliphatic heterocycles.